The molecule has 2 rings (SSSR count). The van der Waals surface area contributed by atoms with Gasteiger partial charge in [-0.15, -0.1) is 0 Å². The second-order valence-electron chi connectivity index (χ2n) is 5.35. The maximum Gasteiger partial charge on any atom is 0.266 e. The standard InChI is InChI=1S/C20H15I2N3O3/c1-2-27-16-5-3-4-15(11-16)25-20(26)14(12-24)8-13-9-17(21)19(18(22)10-13)28-7-6-23/h3-5,8-11H,2,7H2,1H3,(H,25,26)/b14-8-. The van der Waals surface area contributed by atoms with Crippen molar-refractivity contribution >= 4 is 62.9 Å². The first-order valence-electron chi connectivity index (χ1n) is 8.13. The smallest absolute Gasteiger partial charge is 0.266 e. The Morgan fingerprint density at radius 2 is 1.89 bits per heavy atom. The Hall–Kier alpha value is -2.31. The van der Waals surface area contributed by atoms with E-state index in [1.54, 1.807) is 36.4 Å². The fourth-order valence-electron chi connectivity index (χ4n) is 2.25. The number of benzene rings is 2. The zero-order valence-corrected chi connectivity index (χ0v) is 19.1. The van der Waals surface area contributed by atoms with Crippen molar-refractivity contribution in [1.82, 2.24) is 0 Å². The highest BCUT2D eigenvalue weighted by Gasteiger charge is 2.13. The number of carbonyl (C=O) groups is 1. The van der Waals surface area contributed by atoms with Gasteiger partial charge in [-0.3, -0.25) is 4.79 Å². The number of hydrogen-bond acceptors (Lipinski definition) is 5. The summed E-state index contributed by atoms with van der Waals surface area (Å²) >= 11 is 4.18. The molecule has 0 aliphatic rings. The minimum atomic E-state index is -0.508. The lowest BCUT2D eigenvalue weighted by Crippen LogP contribution is -2.13. The van der Waals surface area contributed by atoms with Crippen molar-refractivity contribution in [3.8, 4) is 23.6 Å². The summed E-state index contributed by atoms with van der Waals surface area (Å²) < 4.78 is 12.4. The Balaban J connectivity index is 2.23. The highest BCUT2D eigenvalue weighted by molar-refractivity contribution is 14.1. The van der Waals surface area contributed by atoms with Crippen LogP contribution in [0.4, 0.5) is 5.69 Å². The van der Waals surface area contributed by atoms with Gasteiger partial charge >= 0.3 is 0 Å². The van der Waals surface area contributed by atoms with E-state index < -0.39 is 5.91 Å². The van der Waals surface area contributed by atoms with Crippen molar-refractivity contribution in [1.29, 1.82) is 10.5 Å². The molecule has 0 spiro atoms. The first-order chi connectivity index (χ1) is 13.5. The van der Waals surface area contributed by atoms with Gasteiger partial charge in [-0.2, -0.15) is 10.5 Å². The molecular weight excluding hydrogens is 584 g/mol. The molecule has 1 N–H and O–H groups in total. The molecule has 0 fully saturated rings. The van der Waals surface area contributed by atoms with Crippen molar-refractivity contribution in [3.63, 3.8) is 0 Å². The Labute approximate surface area is 190 Å². The summed E-state index contributed by atoms with van der Waals surface area (Å²) in [5, 5.41) is 20.8. The number of nitriles is 2. The van der Waals surface area contributed by atoms with Crippen molar-refractivity contribution in [2.24, 2.45) is 0 Å². The molecule has 0 saturated heterocycles. The molecule has 28 heavy (non-hydrogen) atoms. The average molecular weight is 599 g/mol. The summed E-state index contributed by atoms with van der Waals surface area (Å²) in [5.41, 5.74) is 1.20. The first kappa shape index (κ1) is 22.0. The molecule has 0 aromatic heterocycles. The van der Waals surface area contributed by atoms with Crippen molar-refractivity contribution in [3.05, 3.63) is 54.7 Å². The molecule has 0 saturated carbocycles. The van der Waals surface area contributed by atoms with E-state index >= 15 is 0 Å². The largest absolute Gasteiger partial charge is 0.494 e. The SMILES string of the molecule is CCOc1cccc(NC(=O)/C(C#N)=C\c2cc(I)c(OCC#N)c(I)c2)c1. The van der Waals surface area contributed by atoms with Crippen LogP contribution >= 0.6 is 45.2 Å². The molecule has 8 heteroatoms. The Morgan fingerprint density at radius 1 is 1.18 bits per heavy atom. The van der Waals surface area contributed by atoms with Crippen LogP contribution in [0.25, 0.3) is 6.08 Å². The Bertz CT molecular complexity index is 968. The average Bonchev–Trinajstić information content (AvgIpc) is 2.66. The third-order valence-corrected chi connectivity index (χ3v) is 4.98. The van der Waals surface area contributed by atoms with E-state index in [1.165, 1.54) is 6.08 Å². The van der Waals surface area contributed by atoms with Gasteiger partial charge in [-0.25, -0.2) is 0 Å². The van der Waals surface area contributed by atoms with Crippen LogP contribution in [-0.2, 0) is 4.79 Å². The van der Waals surface area contributed by atoms with E-state index in [-0.39, 0.29) is 12.2 Å². The van der Waals surface area contributed by atoms with Crippen LogP contribution in [0.15, 0.2) is 42.0 Å². The van der Waals surface area contributed by atoms with Gasteiger partial charge in [-0.1, -0.05) is 6.07 Å². The lowest BCUT2D eigenvalue weighted by Gasteiger charge is -2.09. The van der Waals surface area contributed by atoms with Crippen molar-refractivity contribution in [2.45, 2.75) is 6.92 Å². The number of nitrogens with zero attached hydrogens (tertiary/aromatic N) is 2. The summed E-state index contributed by atoms with van der Waals surface area (Å²) in [7, 11) is 0. The third kappa shape index (κ3) is 6.11. The lowest BCUT2D eigenvalue weighted by molar-refractivity contribution is -0.112. The van der Waals surface area contributed by atoms with Gasteiger partial charge in [0.25, 0.3) is 5.91 Å². The molecule has 0 heterocycles. The molecule has 2 aromatic rings. The van der Waals surface area contributed by atoms with Gasteiger partial charge in [0.15, 0.2) is 6.61 Å². The minimum Gasteiger partial charge on any atom is -0.494 e. The molecule has 0 aliphatic heterocycles. The van der Waals surface area contributed by atoms with Crippen LogP contribution in [0.5, 0.6) is 11.5 Å². The van der Waals surface area contributed by atoms with Gasteiger partial charge in [-0.05, 0) is 88.0 Å². The van der Waals surface area contributed by atoms with Crippen LogP contribution in [-0.4, -0.2) is 19.1 Å². The fourth-order valence-corrected chi connectivity index (χ4v) is 4.38. The van der Waals surface area contributed by atoms with Crippen LogP contribution < -0.4 is 14.8 Å². The number of hydrogen-bond donors (Lipinski definition) is 1. The second-order valence-corrected chi connectivity index (χ2v) is 7.67. The molecule has 142 valence electrons. The van der Waals surface area contributed by atoms with E-state index in [9.17, 15) is 10.1 Å². The highest BCUT2D eigenvalue weighted by Crippen LogP contribution is 2.30. The monoisotopic (exact) mass is 599 g/mol. The highest BCUT2D eigenvalue weighted by atomic mass is 127. The number of carbonyl (C=O) groups excluding carboxylic acids is 1. The number of halogens is 2. The van der Waals surface area contributed by atoms with E-state index in [4.69, 9.17) is 14.7 Å². The predicted molar refractivity (Wildman–Crippen MR) is 123 cm³/mol. The molecule has 6 nitrogen and oxygen atoms in total. The summed E-state index contributed by atoms with van der Waals surface area (Å²) in [6.45, 7) is 2.35. The lowest BCUT2D eigenvalue weighted by atomic mass is 10.1. The molecule has 0 unspecified atom stereocenters. The predicted octanol–water partition coefficient (Wildman–Crippen LogP) is 4.74. The topological polar surface area (TPSA) is 95.1 Å². The van der Waals surface area contributed by atoms with Crippen LogP contribution in [0.1, 0.15) is 12.5 Å². The number of ether oxygens (including phenoxy) is 2. The fraction of sp³-hybridized carbons (Fsp3) is 0.150. The zero-order valence-electron chi connectivity index (χ0n) is 14.8. The molecule has 0 aliphatic carbocycles. The number of rotatable bonds is 7. The minimum absolute atomic E-state index is 0.0286. The van der Waals surface area contributed by atoms with Gasteiger partial charge in [0.2, 0.25) is 0 Å². The molecule has 0 radical (unpaired) electrons. The quantitative estimate of drug-likeness (QED) is 0.282. The van der Waals surface area contributed by atoms with Crippen LogP contribution in [0, 0.1) is 29.8 Å². The van der Waals surface area contributed by atoms with E-state index in [0.717, 1.165) is 7.14 Å². The third-order valence-electron chi connectivity index (χ3n) is 3.38. The zero-order chi connectivity index (χ0) is 20.5. The normalized spacial score (nSPS) is 10.5. The van der Waals surface area contributed by atoms with Gasteiger partial charge in [0.1, 0.15) is 29.2 Å². The van der Waals surface area contributed by atoms with Gasteiger partial charge in [0, 0.05) is 11.8 Å². The Kier molecular flexibility index (Phi) is 8.54. The van der Waals surface area contributed by atoms with Crippen LogP contribution in [0.3, 0.4) is 0 Å². The summed E-state index contributed by atoms with van der Waals surface area (Å²) in [6, 6.07) is 14.4. The van der Waals surface area contributed by atoms with E-state index in [1.807, 2.05) is 19.1 Å². The summed E-state index contributed by atoms with van der Waals surface area (Å²) in [4.78, 5) is 12.5. The van der Waals surface area contributed by atoms with Gasteiger partial charge < -0.3 is 14.8 Å². The number of anilines is 1. The second kappa shape index (κ2) is 10.9. The molecule has 2 aromatic carbocycles. The van der Waals surface area contributed by atoms with Crippen LogP contribution in [0.2, 0.25) is 0 Å². The van der Waals surface area contributed by atoms with Gasteiger partial charge in [0.05, 0.1) is 13.7 Å². The maximum absolute atomic E-state index is 12.5. The molecule has 0 bridgehead atoms. The van der Waals surface area contributed by atoms with E-state index in [0.29, 0.717) is 29.4 Å². The first-order valence-corrected chi connectivity index (χ1v) is 10.3. The number of amides is 1. The summed E-state index contributed by atoms with van der Waals surface area (Å²) in [6.07, 6.45) is 1.51. The summed E-state index contributed by atoms with van der Waals surface area (Å²) in [5.74, 6) is 0.737. The Morgan fingerprint density at radius 3 is 2.50 bits per heavy atom. The molecular formula is C20H15I2N3O3. The van der Waals surface area contributed by atoms with Crippen molar-refractivity contribution < 1.29 is 14.3 Å². The van der Waals surface area contributed by atoms with Crippen molar-refractivity contribution in [2.75, 3.05) is 18.5 Å². The maximum atomic E-state index is 12.5. The van der Waals surface area contributed by atoms with E-state index in [2.05, 4.69) is 50.5 Å². The number of nitrogens with one attached hydrogen (secondary N) is 1. The molecule has 1 amide bonds. The molecule has 0 atom stereocenters.